The first-order chi connectivity index (χ1) is 6.22. The molecule has 2 atom stereocenters. The summed E-state index contributed by atoms with van der Waals surface area (Å²) >= 11 is 0. The summed E-state index contributed by atoms with van der Waals surface area (Å²) in [5.41, 5.74) is 0. The Labute approximate surface area is 82.3 Å². The van der Waals surface area contributed by atoms with Gasteiger partial charge in [-0.3, -0.25) is 0 Å². The summed E-state index contributed by atoms with van der Waals surface area (Å²) in [6.45, 7) is 7.01. The molecule has 0 spiro atoms. The molecule has 0 aliphatic heterocycles. The van der Waals surface area contributed by atoms with Gasteiger partial charge in [-0.15, -0.1) is 0 Å². The summed E-state index contributed by atoms with van der Waals surface area (Å²) in [5, 5.41) is 9.62. The lowest BCUT2D eigenvalue weighted by molar-refractivity contribution is -0.0312. The summed E-state index contributed by atoms with van der Waals surface area (Å²) < 4.78 is 5.49. The highest BCUT2D eigenvalue weighted by Crippen LogP contribution is 2.08. The fraction of sp³-hybridized carbons (Fsp3) is 1.00. The summed E-state index contributed by atoms with van der Waals surface area (Å²) in [7, 11) is 0. The van der Waals surface area contributed by atoms with Gasteiger partial charge in [-0.25, -0.2) is 0 Å². The van der Waals surface area contributed by atoms with Gasteiger partial charge in [-0.1, -0.05) is 33.1 Å². The number of hydrogen-bond acceptors (Lipinski definition) is 2. The third-order valence-corrected chi connectivity index (χ3v) is 2.27. The van der Waals surface area contributed by atoms with Crippen molar-refractivity contribution in [2.45, 2.75) is 65.1 Å². The molecule has 2 unspecified atom stereocenters. The molecule has 1 N–H and O–H groups in total. The van der Waals surface area contributed by atoms with Crippen LogP contribution in [0.15, 0.2) is 0 Å². The smallest absolute Gasteiger partial charge is 0.0805 e. The van der Waals surface area contributed by atoms with E-state index in [4.69, 9.17) is 4.74 Å². The number of hydrogen-bond donors (Lipinski definition) is 1. The molecule has 0 aromatic carbocycles. The van der Waals surface area contributed by atoms with Crippen LogP contribution in [0.25, 0.3) is 0 Å². The lowest BCUT2D eigenvalue weighted by atomic mass is 10.1. The van der Waals surface area contributed by atoms with Crippen LogP contribution in [0.5, 0.6) is 0 Å². The quantitative estimate of drug-likeness (QED) is 0.593. The molecule has 0 radical (unpaired) electrons. The van der Waals surface area contributed by atoms with E-state index in [0.29, 0.717) is 0 Å². The first-order valence-corrected chi connectivity index (χ1v) is 5.52. The first kappa shape index (κ1) is 12.9. The normalized spacial score (nSPS) is 15.7. The van der Waals surface area contributed by atoms with E-state index in [0.717, 1.165) is 38.7 Å². The van der Waals surface area contributed by atoms with Crippen LogP contribution >= 0.6 is 0 Å². The average molecular weight is 188 g/mol. The zero-order valence-corrected chi connectivity index (χ0v) is 9.25. The fourth-order valence-electron chi connectivity index (χ4n) is 1.17. The Morgan fingerprint density at radius 1 is 1.15 bits per heavy atom. The minimum absolute atomic E-state index is 0.00176. The maximum Gasteiger partial charge on any atom is 0.0805 e. The molecule has 0 amide bonds. The molecule has 80 valence electrons. The molecule has 13 heavy (non-hydrogen) atoms. The average Bonchev–Trinajstić information content (AvgIpc) is 2.14. The molecule has 0 heterocycles. The second-order valence-electron chi connectivity index (χ2n) is 3.64. The Morgan fingerprint density at radius 2 is 1.77 bits per heavy atom. The number of ether oxygens (including phenoxy) is 1. The largest absolute Gasteiger partial charge is 0.390 e. The van der Waals surface area contributed by atoms with E-state index in [9.17, 15) is 5.11 Å². The van der Waals surface area contributed by atoms with Crippen molar-refractivity contribution >= 4 is 0 Å². The van der Waals surface area contributed by atoms with Crippen molar-refractivity contribution in [2.24, 2.45) is 0 Å². The zero-order chi connectivity index (χ0) is 10.1. The highest BCUT2D eigenvalue weighted by molar-refractivity contribution is 4.63. The predicted molar refractivity (Wildman–Crippen MR) is 55.9 cm³/mol. The van der Waals surface area contributed by atoms with Crippen molar-refractivity contribution in [2.75, 3.05) is 6.61 Å². The number of aliphatic hydroxyl groups excluding tert-OH is 1. The second-order valence-corrected chi connectivity index (χ2v) is 3.64. The van der Waals surface area contributed by atoms with Crippen LogP contribution in [0.3, 0.4) is 0 Å². The Kier molecular flexibility index (Phi) is 8.46. The van der Waals surface area contributed by atoms with Crippen molar-refractivity contribution in [3.8, 4) is 0 Å². The van der Waals surface area contributed by atoms with Crippen molar-refractivity contribution in [1.82, 2.24) is 0 Å². The SMILES string of the molecule is CCCCOC(C)C(O)CCCC. The lowest BCUT2D eigenvalue weighted by Crippen LogP contribution is -2.26. The topological polar surface area (TPSA) is 29.5 Å². The van der Waals surface area contributed by atoms with Gasteiger partial charge >= 0.3 is 0 Å². The number of unbranched alkanes of at least 4 members (excludes halogenated alkanes) is 2. The maximum atomic E-state index is 9.62. The minimum Gasteiger partial charge on any atom is -0.390 e. The monoisotopic (exact) mass is 188 g/mol. The van der Waals surface area contributed by atoms with E-state index < -0.39 is 0 Å². The molecule has 0 saturated heterocycles. The Balaban J connectivity index is 3.38. The van der Waals surface area contributed by atoms with E-state index in [1.165, 1.54) is 0 Å². The van der Waals surface area contributed by atoms with E-state index in [1.54, 1.807) is 0 Å². The van der Waals surface area contributed by atoms with E-state index in [-0.39, 0.29) is 12.2 Å². The highest BCUT2D eigenvalue weighted by Gasteiger charge is 2.13. The number of aliphatic hydroxyl groups is 1. The van der Waals surface area contributed by atoms with Crippen molar-refractivity contribution < 1.29 is 9.84 Å². The van der Waals surface area contributed by atoms with Crippen LogP contribution < -0.4 is 0 Å². The van der Waals surface area contributed by atoms with Crippen LogP contribution in [-0.2, 0) is 4.74 Å². The maximum absolute atomic E-state index is 9.62. The Morgan fingerprint density at radius 3 is 2.31 bits per heavy atom. The highest BCUT2D eigenvalue weighted by atomic mass is 16.5. The van der Waals surface area contributed by atoms with Gasteiger partial charge in [0.2, 0.25) is 0 Å². The molecule has 2 nitrogen and oxygen atoms in total. The third-order valence-electron chi connectivity index (χ3n) is 2.27. The predicted octanol–water partition coefficient (Wildman–Crippen LogP) is 2.74. The Hall–Kier alpha value is -0.0800. The third kappa shape index (κ3) is 7.03. The van der Waals surface area contributed by atoms with Crippen LogP contribution in [0.2, 0.25) is 0 Å². The van der Waals surface area contributed by atoms with Gasteiger partial charge in [0.05, 0.1) is 12.2 Å². The molecule has 0 aromatic rings. The van der Waals surface area contributed by atoms with Gasteiger partial charge < -0.3 is 9.84 Å². The summed E-state index contributed by atoms with van der Waals surface area (Å²) in [6.07, 6.45) is 5.04. The zero-order valence-electron chi connectivity index (χ0n) is 9.25. The molecular weight excluding hydrogens is 164 g/mol. The summed E-state index contributed by atoms with van der Waals surface area (Å²) in [6, 6.07) is 0. The molecule has 0 rings (SSSR count). The molecule has 2 heteroatoms. The van der Waals surface area contributed by atoms with Crippen molar-refractivity contribution in [3.63, 3.8) is 0 Å². The van der Waals surface area contributed by atoms with Gasteiger partial charge in [-0.2, -0.15) is 0 Å². The second kappa shape index (κ2) is 8.52. The Bertz CT molecular complexity index is 104. The van der Waals surface area contributed by atoms with Crippen molar-refractivity contribution in [3.05, 3.63) is 0 Å². The van der Waals surface area contributed by atoms with E-state index in [2.05, 4.69) is 13.8 Å². The van der Waals surface area contributed by atoms with Gasteiger partial charge in [0, 0.05) is 6.61 Å². The van der Waals surface area contributed by atoms with E-state index in [1.807, 2.05) is 6.92 Å². The lowest BCUT2D eigenvalue weighted by Gasteiger charge is -2.19. The summed E-state index contributed by atoms with van der Waals surface area (Å²) in [4.78, 5) is 0. The van der Waals surface area contributed by atoms with Gasteiger partial charge in [0.25, 0.3) is 0 Å². The van der Waals surface area contributed by atoms with Gasteiger partial charge in [-0.05, 0) is 19.8 Å². The first-order valence-electron chi connectivity index (χ1n) is 5.52. The fourth-order valence-corrected chi connectivity index (χ4v) is 1.17. The van der Waals surface area contributed by atoms with Gasteiger partial charge in [0.15, 0.2) is 0 Å². The van der Waals surface area contributed by atoms with Crippen LogP contribution in [-0.4, -0.2) is 23.9 Å². The molecule has 0 aliphatic rings. The molecule has 0 saturated carbocycles. The van der Waals surface area contributed by atoms with Crippen LogP contribution in [0.1, 0.15) is 52.9 Å². The molecule has 0 fully saturated rings. The van der Waals surface area contributed by atoms with Crippen LogP contribution in [0.4, 0.5) is 0 Å². The van der Waals surface area contributed by atoms with Crippen LogP contribution in [0, 0.1) is 0 Å². The minimum atomic E-state index is -0.281. The standard InChI is InChI=1S/C11H24O2/c1-4-6-8-11(12)10(3)13-9-7-5-2/h10-12H,4-9H2,1-3H3. The van der Waals surface area contributed by atoms with E-state index >= 15 is 0 Å². The number of rotatable bonds is 8. The molecule has 0 bridgehead atoms. The summed E-state index contributed by atoms with van der Waals surface area (Å²) in [5.74, 6) is 0. The van der Waals surface area contributed by atoms with Crippen molar-refractivity contribution in [1.29, 1.82) is 0 Å². The molecule has 0 aliphatic carbocycles. The molecule has 0 aromatic heterocycles. The molecular formula is C11H24O2. The van der Waals surface area contributed by atoms with Gasteiger partial charge in [0.1, 0.15) is 0 Å².